The quantitative estimate of drug-likeness (QED) is 0.895. The highest BCUT2D eigenvalue weighted by molar-refractivity contribution is 5.97. The van der Waals surface area contributed by atoms with Crippen LogP contribution in [0.4, 0.5) is 11.4 Å². The van der Waals surface area contributed by atoms with Crippen molar-refractivity contribution in [2.45, 2.75) is 19.4 Å². The number of carbonyl (C=O) groups is 1. The number of halogens is 2. The molecule has 4 nitrogen and oxygen atoms in total. The number of nitrogens with one attached hydrogen (secondary N) is 1. The van der Waals surface area contributed by atoms with Gasteiger partial charge in [-0.25, -0.2) is 0 Å². The molecule has 0 aliphatic carbocycles. The molecule has 0 fully saturated rings. The third-order valence-electron chi connectivity index (χ3n) is 2.42. The SMILES string of the molecule is CC[C@H](N)C(=O)Nc1ccccc1N(C)C.Cl.Cl. The Kier molecular flexibility index (Phi) is 9.71. The van der Waals surface area contributed by atoms with E-state index in [1.54, 1.807) is 0 Å². The fourth-order valence-electron chi connectivity index (χ4n) is 1.38. The minimum atomic E-state index is -0.449. The Balaban J connectivity index is 0. The van der Waals surface area contributed by atoms with E-state index in [-0.39, 0.29) is 30.7 Å². The van der Waals surface area contributed by atoms with Crippen molar-refractivity contribution in [2.75, 3.05) is 24.3 Å². The maximum absolute atomic E-state index is 11.7. The number of anilines is 2. The van der Waals surface area contributed by atoms with E-state index in [2.05, 4.69) is 5.32 Å². The molecule has 1 aromatic carbocycles. The van der Waals surface area contributed by atoms with Crippen LogP contribution in [0, 0.1) is 0 Å². The van der Waals surface area contributed by atoms with Gasteiger partial charge in [0, 0.05) is 14.1 Å². The second-order valence-corrected chi connectivity index (χ2v) is 3.92. The molecule has 0 bridgehead atoms. The molecule has 0 aliphatic heterocycles. The van der Waals surface area contributed by atoms with E-state index in [0.29, 0.717) is 6.42 Å². The third kappa shape index (κ3) is 5.12. The number of para-hydroxylation sites is 2. The standard InChI is InChI=1S/C12H19N3O.2ClH/c1-4-9(13)12(16)14-10-7-5-6-8-11(10)15(2)3;;/h5-9H,4,13H2,1-3H3,(H,14,16);2*1H/t9-;;/m0../s1. The molecule has 1 atom stereocenters. The summed E-state index contributed by atoms with van der Waals surface area (Å²) in [7, 11) is 3.87. The van der Waals surface area contributed by atoms with Gasteiger partial charge in [0.05, 0.1) is 17.4 Å². The Morgan fingerprint density at radius 2 is 1.89 bits per heavy atom. The number of amides is 1. The van der Waals surface area contributed by atoms with Crippen molar-refractivity contribution in [3.63, 3.8) is 0 Å². The van der Waals surface area contributed by atoms with Crippen molar-refractivity contribution in [3.05, 3.63) is 24.3 Å². The van der Waals surface area contributed by atoms with Crippen LogP contribution in [-0.2, 0) is 4.79 Å². The molecule has 0 unspecified atom stereocenters. The van der Waals surface area contributed by atoms with Crippen molar-refractivity contribution < 1.29 is 4.79 Å². The van der Waals surface area contributed by atoms with Crippen LogP contribution < -0.4 is 16.0 Å². The highest BCUT2D eigenvalue weighted by Gasteiger charge is 2.13. The maximum atomic E-state index is 11.7. The van der Waals surface area contributed by atoms with Gasteiger partial charge in [0.15, 0.2) is 0 Å². The molecule has 0 heterocycles. The van der Waals surface area contributed by atoms with Crippen LogP contribution >= 0.6 is 24.8 Å². The summed E-state index contributed by atoms with van der Waals surface area (Å²) in [5.41, 5.74) is 7.43. The van der Waals surface area contributed by atoms with Crippen molar-refractivity contribution in [1.82, 2.24) is 0 Å². The summed E-state index contributed by atoms with van der Waals surface area (Å²) in [5, 5.41) is 2.84. The van der Waals surface area contributed by atoms with Gasteiger partial charge < -0.3 is 16.0 Å². The molecule has 18 heavy (non-hydrogen) atoms. The Hall–Kier alpha value is -0.970. The lowest BCUT2D eigenvalue weighted by Gasteiger charge is -2.18. The summed E-state index contributed by atoms with van der Waals surface area (Å²) in [5.74, 6) is -0.142. The van der Waals surface area contributed by atoms with E-state index in [1.165, 1.54) is 0 Å². The first-order chi connectivity index (χ1) is 7.56. The van der Waals surface area contributed by atoms with Gasteiger partial charge in [-0.05, 0) is 18.6 Å². The van der Waals surface area contributed by atoms with Gasteiger partial charge in [-0.3, -0.25) is 4.79 Å². The van der Waals surface area contributed by atoms with Crippen LogP contribution in [0.25, 0.3) is 0 Å². The number of hydrogen-bond acceptors (Lipinski definition) is 3. The first-order valence-electron chi connectivity index (χ1n) is 5.39. The van der Waals surface area contributed by atoms with Crippen molar-refractivity contribution in [1.29, 1.82) is 0 Å². The van der Waals surface area contributed by atoms with E-state index < -0.39 is 6.04 Å². The van der Waals surface area contributed by atoms with Gasteiger partial charge in [0.2, 0.25) is 5.91 Å². The minimum absolute atomic E-state index is 0. The highest BCUT2D eigenvalue weighted by Crippen LogP contribution is 2.23. The predicted molar refractivity (Wildman–Crippen MR) is 82.2 cm³/mol. The van der Waals surface area contributed by atoms with Crippen LogP contribution in [0.3, 0.4) is 0 Å². The summed E-state index contributed by atoms with van der Waals surface area (Å²) in [6.07, 6.45) is 0.635. The van der Waals surface area contributed by atoms with Gasteiger partial charge >= 0.3 is 0 Å². The minimum Gasteiger partial charge on any atom is -0.376 e. The number of rotatable bonds is 4. The highest BCUT2D eigenvalue weighted by atomic mass is 35.5. The fourth-order valence-corrected chi connectivity index (χ4v) is 1.38. The lowest BCUT2D eigenvalue weighted by atomic mass is 10.2. The monoisotopic (exact) mass is 293 g/mol. The molecule has 1 rings (SSSR count). The van der Waals surface area contributed by atoms with Crippen LogP contribution in [-0.4, -0.2) is 26.0 Å². The summed E-state index contributed by atoms with van der Waals surface area (Å²) >= 11 is 0. The Labute approximate surface area is 121 Å². The van der Waals surface area contributed by atoms with Gasteiger partial charge in [0.25, 0.3) is 0 Å². The molecule has 1 amide bonds. The largest absolute Gasteiger partial charge is 0.376 e. The van der Waals surface area contributed by atoms with E-state index in [4.69, 9.17) is 5.73 Å². The summed E-state index contributed by atoms with van der Waals surface area (Å²) < 4.78 is 0. The van der Waals surface area contributed by atoms with Crippen molar-refractivity contribution in [2.24, 2.45) is 5.73 Å². The van der Waals surface area contributed by atoms with Crippen LogP contribution in [0.5, 0.6) is 0 Å². The predicted octanol–water partition coefficient (Wildman–Crippen LogP) is 2.27. The first-order valence-corrected chi connectivity index (χ1v) is 5.39. The summed E-state index contributed by atoms with van der Waals surface area (Å²) in [4.78, 5) is 13.6. The summed E-state index contributed by atoms with van der Waals surface area (Å²) in [6.45, 7) is 1.89. The first kappa shape index (κ1) is 19.4. The smallest absolute Gasteiger partial charge is 0.241 e. The zero-order valence-corrected chi connectivity index (χ0v) is 12.5. The topological polar surface area (TPSA) is 58.4 Å². The molecular weight excluding hydrogens is 273 g/mol. The second-order valence-electron chi connectivity index (χ2n) is 3.92. The van der Waals surface area contributed by atoms with Crippen molar-refractivity contribution in [3.8, 4) is 0 Å². The average Bonchev–Trinajstić information content (AvgIpc) is 2.28. The van der Waals surface area contributed by atoms with Crippen LogP contribution in [0.2, 0.25) is 0 Å². The van der Waals surface area contributed by atoms with Crippen LogP contribution in [0.1, 0.15) is 13.3 Å². The average molecular weight is 294 g/mol. The molecular formula is C12H21Cl2N3O. The maximum Gasteiger partial charge on any atom is 0.241 e. The molecule has 0 radical (unpaired) electrons. The van der Waals surface area contributed by atoms with Gasteiger partial charge in [-0.2, -0.15) is 0 Å². The van der Waals surface area contributed by atoms with E-state index in [1.807, 2.05) is 50.2 Å². The van der Waals surface area contributed by atoms with Gasteiger partial charge in [0.1, 0.15) is 0 Å². The zero-order valence-electron chi connectivity index (χ0n) is 10.8. The molecule has 0 aliphatic rings. The lowest BCUT2D eigenvalue weighted by molar-refractivity contribution is -0.117. The van der Waals surface area contributed by atoms with Gasteiger partial charge in [-0.15, -0.1) is 24.8 Å². The number of nitrogens with two attached hydrogens (primary N) is 1. The number of hydrogen-bond donors (Lipinski definition) is 2. The second kappa shape index (κ2) is 9.03. The third-order valence-corrected chi connectivity index (χ3v) is 2.42. The molecule has 3 N–H and O–H groups in total. The van der Waals surface area contributed by atoms with Crippen molar-refractivity contribution >= 4 is 42.1 Å². The molecule has 0 spiro atoms. The molecule has 0 saturated carbocycles. The molecule has 6 heteroatoms. The van der Waals surface area contributed by atoms with E-state index in [0.717, 1.165) is 11.4 Å². The number of carbonyl (C=O) groups excluding carboxylic acids is 1. The Morgan fingerprint density at radius 3 is 2.39 bits per heavy atom. The van der Waals surface area contributed by atoms with E-state index >= 15 is 0 Å². The lowest BCUT2D eigenvalue weighted by Crippen LogP contribution is -2.35. The molecule has 1 aromatic rings. The van der Waals surface area contributed by atoms with E-state index in [9.17, 15) is 4.79 Å². The Morgan fingerprint density at radius 1 is 1.33 bits per heavy atom. The van der Waals surface area contributed by atoms with Crippen LogP contribution in [0.15, 0.2) is 24.3 Å². The van der Waals surface area contributed by atoms with Gasteiger partial charge in [-0.1, -0.05) is 19.1 Å². The Bertz CT molecular complexity index is 372. The fraction of sp³-hybridized carbons (Fsp3) is 0.417. The summed E-state index contributed by atoms with van der Waals surface area (Å²) in [6, 6.07) is 7.20. The zero-order chi connectivity index (χ0) is 12.1. The molecule has 0 aromatic heterocycles. The molecule has 0 saturated heterocycles. The normalized spacial score (nSPS) is 10.7. The number of benzene rings is 1. The number of nitrogens with zero attached hydrogens (tertiary/aromatic N) is 1. The molecule has 104 valence electrons.